The Hall–Kier alpha value is -3.71. The van der Waals surface area contributed by atoms with Gasteiger partial charge in [0, 0.05) is 32.6 Å². The van der Waals surface area contributed by atoms with Gasteiger partial charge >= 0.3 is 5.97 Å². The second kappa shape index (κ2) is 10.6. The fourth-order valence-electron chi connectivity index (χ4n) is 5.91. The van der Waals surface area contributed by atoms with Crippen LogP contribution in [0.25, 0.3) is 11.0 Å². The van der Waals surface area contributed by atoms with Crippen molar-refractivity contribution >= 4 is 17.0 Å². The standard InChI is InChI=1S/C31H36N4O3/c1-19-12-24-14-26(38-5)9-8-23(24)17-35(16-19)18-25-13-22(7-6-20(25)2)28(15-30(36)37)27-10-11-29-31(21(27)3)32-33-34(29)4/h6-11,13-14,19,28H,12,15-18H2,1-5H3,(H,36,37). The van der Waals surface area contributed by atoms with Crippen LogP contribution >= 0.6 is 0 Å². The van der Waals surface area contributed by atoms with E-state index in [2.05, 4.69) is 59.4 Å². The molecule has 2 atom stereocenters. The number of aryl methyl sites for hydroxylation is 3. The molecule has 3 aromatic carbocycles. The van der Waals surface area contributed by atoms with Crippen molar-refractivity contribution in [3.8, 4) is 5.75 Å². The van der Waals surface area contributed by atoms with Crippen LogP contribution in [-0.2, 0) is 31.4 Å². The molecule has 7 nitrogen and oxygen atoms in total. The van der Waals surface area contributed by atoms with Crippen molar-refractivity contribution in [2.24, 2.45) is 13.0 Å². The molecule has 0 saturated heterocycles. The van der Waals surface area contributed by atoms with E-state index in [9.17, 15) is 9.90 Å². The Morgan fingerprint density at radius 2 is 1.95 bits per heavy atom. The molecule has 0 spiro atoms. The van der Waals surface area contributed by atoms with Crippen molar-refractivity contribution in [2.45, 2.75) is 52.6 Å². The lowest BCUT2D eigenvalue weighted by molar-refractivity contribution is -0.137. The van der Waals surface area contributed by atoms with E-state index in [4.69, 9.17) is 4.74 Å². The molecule has 4 aromatic rings. The van der Waals surface area contributed by atoms with Gasteiger partial charge in [0.25, 0.3) is 0 Å². The normalized spacial score (nSPS) is 16.7. The first kappa shape index (κ1) is 25.9. The summed E-state index contributed by atoms with van der Waals surface area (Å²) >= 11 is 0. The minimum Gasteiger partial charge on any atom is -0.497 e. The molecule has 198 valence electrons. The summed E-state index contributed by atoms with van der Waals surface area (Å²) in [4.78, 5) is 14.5. The third-order valence-electron chi connectivity index (χ3n) is 7.95. The molecular weight excluding hydrogens is 476 g/mol. The monoisotopic (exact) mass is 512 g/mol. The molecule has 0 bridgehead atoms. The molecular formula is C31H36N4O3. The van der Waals surface area contributed by atoms with Crippen molar-refractivity contribution in [1.82, 2.24) is 19.9 Å². The summed E-state index contributed by atoms with van der Waals surface area (Å²) in [6.07, 6.45) is 1.05. The van der Waals surface area contributed by atoms with Crippen LogP contribution < -0.4 is 4.74 Å². The van der Waals surface area contributed by atoms with Gasteiger partial charge in [-0.25, -0.2) is 4.68 Å². The van der Waals surface area contributed by atoms with Crippen molar-refractivity contribution in [2.75, 3.05) is 13.7 Å². The van der Waals surface area contributed by atoms with Gasteiger partial charge in [0.05, 0.1) is 19.0 Å². The van der Waals surface area contributed by atoms with Crippen LogP contribution in [0.5, 0.6) is 5.75 Å². The highest BCUT2D eigenvalue weighted by atomic mass is 16.5. The predicted octanol–water partition coefficient (Wildman–Crippen LogP) is 5.39. The van der Waals surface area contributed by atoms with Crippen molar-refractivity contribution in [3.05, 3.63) is 87.5 Å². The molecule has 1 N–H and O–H groups in total. The summed E-state index contributed by atoms with van der Waals surface area (Å²) in [6.45, 7) is 9.16. The number of rotatable bonds is 7. The Morgan fingerprint density at radius 3 is 2.71 bits per heavy atom. The molecule has 0 radical (unpaired) electrons. The summed E-state index contributed by atoms with van der Waals surface area (Å²) in [5.41, 5.74) is 9.92. The summed E-state index contributed by atoms with van der Waals surface area (Å²) in [7, 11) is 3.59. The number of aromatic nitrogens is 3. The topological polar surface area (TPSA) is 80.5 Å². The van der Waals surface area contributed by atoms with Crippen LogP contribution in [0.3, 0.4) is 0 Å². The first-order chi connectivity index (χ1) is 18.2. The van der Waals surface area contributed by atoms with Gasteiger partial charge in [-0.05, 0) is 83.3 Å². The van der Waals surface area contributed by atoms with E-state index in [1.807, 2.05) is 32.2 Å². The minimum atomic E-state index is -0.816. The average molecular weight is 513 g/mol. The van der Waals surface area contributed by atoms with Gasteiger partial charge < -0.3 is 9.84 Å². The quantitative estimate of drug-likeness (QED) is 0.357. The maximum atomic E-state index is 12.0. The van der Waals surface area contributed by atoms with Crippen molar-refractivity contribution in [3.63, 3.8) is 0 Å². The molecule has 5 rings (SSSR count). The molecule has 0 aliphatic carbocycles. The van der Waals surface area contributed by atoms with Crippen molar-refractivity contribution in [1.29, 1.82) is 0 Å². The number of hydrogen-bond donors (Lipinski definition) is 1. The summed E-state index contributed by atoms with van der Waals surface area (Å²) in [5.74, 6) is 0.346. The van der Waals surface area contributed by atoms with Crippen LogP contribution in [0.2, 0.25) is 0 Å². The zero-order valence-corrected chi connectivity index (χ0v) is 22.9. The van der Waals surface area contributed by atoms with Gasteiger partial charge in [0.15, 0.2) is 0 Å². The van der Waals surface area contributed by atoms with Gasteiger partial charge in [-0.1, -0.05) is 42.5 Å². The number of benzene rings is 3. The second-order valence-corrected chi connectivity index (χ2v) is 10.8. The maximum Gasteiger partial charge on any atom is 0.304 e. The average Bonchev–Trinajstić information content (AvgIpc) is 3.18. The minimum absolute atomic E-state index is 0.0189. The lowest BCUT2D eigenvalue weighted by Gasteiger charge is -2.25. The van der Waals surface area contributed by atoms with Gasteiger partial charge in [0.2, 0.25) is 0 Å². The van der Waals surface area contributed by atoms with Crippen LogP contribution in [0, 0.1) is 19.8 Å². The first-order valence-electron chi connectivity index (χ1n) is 13.2. The number of nitrogens with zero attached hydrogens (tertiary/aromatic N) is 4. The lowest BCUT2D eigenvalue weighted by atomic mass is 9.84. The fourth-order valence-corrected chi connectivity index (χ4v) is 5.91. The molecule has 2 unspecified atom stereocenters. The number of hydrogen-bond acceptors (Lipinski definition) is 5. The number of fused-ring (bicyclic) bond motifs is 2. The van der Waals surface area contributed by atoms with E-state index in [0.717, 1.165) is 59.5 Å². The molecule has 1 aliphatic heterocycles. The second-order valence-electron chi connectivity index (χ2n) is 10.8. The van der Waals surface area contributed by atoms with Crippen LogP contribution in [-0.4, -0.2) is 44.6 Å². The summed E-state index contributed by atoms with van der Waals surface area (Å²) in [5, 5.41) is 18.3. The van der Waals surface area contributed by atoms with Crippen molar-refractivity contribution < 1.29 is 14.6 Å². The van der Waals surface area contributed by atoms with E-state index in [1.165, 1.54) is 22.3 Å². The van der Waals surface area contributed by atoms with Gasteiger partial charge in [-0.15, -0.1) is 5.10 Å². The number of carboxylic acid groups (broad SMARTS) is 1. The van der Waals surface area contributed by atoms with E-state index in [0.29, 0.717) is 5.92 Å². The van der Waals surface area contributed by atoms with Crippen LogP contribution in [0.4, 0.5) is 0 Å². The van der Waals surface area contributed by atoms with Gasteiger partial charge in [-0.3, -0.25) is 9.69 Å². The number of ether oxygens (including phenoxy) is 1. The first-order valence-corrected chi connectivity index (χ1v) is 13.2. The highest BCUT2D eigenvalue weighted by molar-refractivity contribution is 5.80. The predicted molar refractivity (Wildman–Crippen MR) is 148 cm³/mol. The molecule has 0 amide bonds. The van der Waals surface area contributed by atoms with Crippen LogP contribution in [0.15, 0.2) is 48.5 Å². The summed E-state index contributed by atoms with van der Waals surface area (Å²) < 4.78 is 7.21. The van der Waals surface area contributed by atoms with E-state index < -0.39 is 5.97 Å². The zero-order valence-electron chi connectivity index (χ0n) is 22.9. The highest BCUT2D eigenvalue weighted by Crippen LogP contribution is 2.35. The third kappa shape index (κ3) is 5.16. The molecule has 1 aliphatic rings. The Morgan fingerprint density at radius 1 is 1.13 bits per heavy atom. The van der Waals surface area contributed by atoms with Gasteiger partial charge in [-0.2, -0.15) is 0 Å². The largest absolute Gasteiger partial charge is 0.497 e. The Kier molecular flexibility index (Phi) is 7.21. The smallest absolute Gasteiger partial charge is 0.304 e. The van der Waals surface area contributed by atoms with Crippen LogP contribution in [0.1, 0.15) is 58.2 Å². The highest BCUT2D eigenvalue weighted by Gasteiger charge is 2.24. The molecule has 2 heterocycles. The molecule has 1 aromatic heterocycles. The summed E-state index contributed by atoms with van der Waals surface area (Å²) in [6, 6.07) is 16.9. The lowest BCUT2D eigenvalue weighted by Crippen LogP contribution is -2.26. The number of carbonyl (C=O) groups is 1. The molecule has 7 heteroatoms. The third-order valence-corrected chi connectivity index (χ3v) is 7.95. The van der Waals surface area contributed by atoms with E-state index in [-0.39, 0.29) is 12.3 Å². The fraction of sp³-hybridized carbons (Fsp3) is 0.387. The molecule has 0 saturated carbocycles. The Bertz CT molecular complexity index is 1490. The zero-order chi connectivity index (χ0) is 27.0. The van der Waals surface area contributed by atoms with Gasteiger partial charge in [0.1, 0.15) is 11.3 Å². The Balaban J connectivity index is 1.48. The SMILES string of the molecule is COc1ccc2c(c1)CC(C)CN(Cc1cc(C(CC(=O)O)c3ccc4c(nnn4C)c3C)ccc1C)C2. The number of carboxylic acids is 1. The maximum absolute atomic E-state index is 12.0. The Labute approximate surface area is 224 Å². The van der Waals surface area contributed by atoms with E-state index >= 15 is 0 Å². The molecule has 0 fully saturated rings. The molecule has 38 heavy (non-hydrogen) atoms. The number of methoxy groups -OCH3 is 1. The van der Waals surface area contributed by atoms with E-state index in [1.54, 1.807) is 11.8 Å². The number of aliphatic carboxylic acids is 1.